The van der Waals surface area contributed by atoms with E-state index in [1.807, 2.05) is 12.1 Å². The summed E-state index contributed by atoms with van der Waals surface area (Å²) in [6.07, 6.45) is 4.75. The maximum atomic E-state index is 14.3. The smallest absolute Gasteiger partial charge is 0.315 e. The highest BCUT2D eigenvalue weighted by molar-refractivity contribution is 7.85. The number of esters is 1. The Bertz CT molecular complexity index is 1530. The molecule has 39 heavy (non-hydrogen) atoms. The van der Waals surface area contributed by atoms with Gasteiger partial charge in [0.25, 0.3) is 0 Å². The third-order valence-electron chi connectivity index (χ3n) is 9.72. The number of carbonyl (C=O) groups excluding carboxylic acids is 1. The van der Waals surface area contributed by atoms with Gasteiger partial charge in [-0.2, -0.15) is 0 Å². The molecule has 8 rings (SSSR count). The molecular weight excluding hydrogens is 512 g/mol. The molecule has 202 valence electrons. The molecule has 1 fully saturated rings. The number of benzene rings is 3. The van der Waals surface area contributed by atoms with E-state index in [-0.39, 0.29) is 34.5 Å². The van der Waals surface area contributed by atoms with E-state index in [1.165, 1.54) is 23.3 Å². The molecule has 5 aliphatic carbocycles. The largest absolute Gasteiger partial charge is 0.744 e. The first kappa shape index (κ1) is 25.0. The van der Waals surface area contributed by atoms with E-state index >= 15 is 0 Å². The molecule has 4 unspecified atom stereocenters. The summed E-state index contributed by atoms with van der Waals surface area (Å²) < 4.78 is 42.0. The monoisotopic (exact) mass is 543 g/mol. The molecule has 1 N–H and O–H groups in total. The zero-order valence-electron chi connectivity index (χ0n) is 21.6. The molecule has 0 radical (unpaired) electrons. The second-order valence-corrected chi connectivity index (χ2v) is 12.9. The first-order valence-corrected chi connectivity index (χ1v) is 15.4. The van der Waals surface area contributed by atoms with Crippen molar-refractivity contribution >= 4 is 16.1 Å². The summed E-state index contributed by atoms with van der Waals surface area (Å²) >= 11 is 0. The lowest BCUT2D eigenvalue weighted by molar-refractivity contribution is -0.144. The third-order valence-corrected chi connectivity index (χ3v) is 10.6. The minimum absolute atomic E-state index is 0.0143. The first-order valence-electron chi connectivity index (χ1n) is 14.0. The molecule has 0 amide bonds. The van der Waals surface area contributed by atoms with Crippen molar-refractivity contribution in [2.75, 3.05) is 0 Å². The van der Waals surface area contributed by atoms with Crippen molar-refractivity contribution < 1.29 is 27.6 Å². The van der Waals surface area contributed by atoms with Crippen molar-refractivity contribution in [3.63, 3.8) is 0 Å². The van der Waals surface area contributed by atoms with E-state index in [4.69, 9.17) is 4.74 Å². The number of rotatable bonds is 4. The predicted molar refractivity (Wildman–Crippen MR) is 144 cm³/mol. The van der Waals surface area contributed by atoms with Gasteiger partial charge in [-0.3, -0.25) is 4.79 Å². The maximum Gasteiger partial charge on any atom is 0.315 e. The van der Waals surface area contributed by atoms with Crippen LogP contribution in [0.25, 0.3) is 0 Å². The van der Waals surface area contributed by atoms with Gasteiger partial charge in [0, 0.05) is 11.8 Å². The fourth-order valence-corrected chi connectivity index (χ4v) is 9.02. The molecule has 5 aliphatic rings. The molecule has 2 bridgehead atoms. The van der Waals surface area contributed by atoms with Crippen LogP contribution in [-0.4, -0.2) is 30.2 Å². The average molecular weight is 544 g/mol. The van der Waals surface area contributed by atoms with E-state index < -0.39 is 22.1 Å². The Morgan fingerprint density at radius 3 is 1.95 bits per heavy atom. The second kappa shape index (κ2) is 9.29. The highest BCUT2D eigenvalue weighted by Gasteiger charge is 2.56. The number of aliphatic hydroxyl groups excluding tert-OH is 1. The van der Waals surface area contributed by atoms with Gasteiger partial charge in [0.1, 0.15) is 15.9 Å². The molecule has 6 nitrogen and oxygen atoms in total. The fraction of sp³-hybridized carbons (Fsp3) is 0.406. The van der Waals surface area contributed by atoms with E-state index in [1.54, 1.807) is 0 Å². The summed E-state index contributed by atoms with van der Waals surface area (Å²) in [5.74, 6) is -0.802. The molecule has 0 heterocycles. The summed E-state index contributed by atoms with van der Waals surface area (Å²) in [4.78, 5) is 14.1. The fourth-order valence-electron chi connectivity index (χ4n) is 8.25. The van der Waals surface area contributed by atoms with Gasteiger partial charge in [-0.25, -0.2) is 8.42 Å². The molecule has 0 aromatic heterocycles. The number of aliphatic hydroxyl groups is 1. The van der Waals surface area contributed by atoms with Gasteiger partial charge in [0.05, 0.1) is 16.9 Å². The van der Waals surface area contributed by atoms with Crippen molar-refractivity contribution in [2.45, 2.75) is 67.8 Å². The lowest BCUT2D eigenvalue weighted by Crippen LogP contribution is -2.49. The quantitative estimate of drug-likeness (QED) is 0.280. The van der Waals surface area contributed by atoms with Crippen LogP contribution in [0.5, 0.6) is 5.75 Å². The van der Waals surface area contributed by atoms with E-state index in [9.17, 15) is 22.9 Å². The summed E-state index contributed by atoms with van der Waals surface area (Å²) in [5, 5.41) is 11.1. The van der Waals surface area contributed by atoms with Crippen LogP contribution in [0, 0.1) is 17.8 Å². The average Bonchev–Trinajstić information content (AvgIpc) is 3.37. The minimum atomic E-state index is -4.63. The normalized spacial score (nSPS) is 28.9. The van der Waals surface area contributed by atoms with Gasteiger partial charge in [0.2, 0.25) is 0 Å². The standard InChI is InChI=1S/C32H32O6S/c33-25-15-7-14-24(25)30-28-20-10-3-5-12-22(20)29(23-13-6-4-11-21(23)28)31(30)32(34)38-26-16-17-27(39(35,36)37)19-9-2-1-8-18(19)26/h3-6,10-13,16-17,24-25,28-31,33H,1-2,7-9,14-15H2,(H,35,36,37)/p-1. The number of carbonyl (C=O) groups is 1. The molecule has 0 spiro atoms. The Morgan fingerprint density at radius 2 is 1.38 bits per heavy atom. The van der Waals surface area contributed by atoms with Crippen molar-refractivity contribution in [1.29, 1.82) is 0 Å². The van der Waals surface area contributed by atoms with Crippen molar-refractivity contribution in [3.05, 3.63) is 94.0 Å². The Hall–Kier alpha value is -3.00. The Morgan fingerprint density at radius 1 is 0.795 bits per heavy atom. The van der Waals surface area contributed by atoms with Crippen LogP contribution in [0.1, 0.15) is 77.3 Å². The first-order chi connectivity index (χ1) is 18.8. The second-order valence-electron chi connectivity index (χ2n) is 11.6. The van der Waals surface area contributed by atoms with Crippen LogP contribution in [0.4, 0.5) is 0 Å². The molecule has 7 heteroatoms. The molecule has 3 aromatic rings. The van der Waals surface area contributed by atoms with Gasteiger partial charge in [-0.15, -0.1) is 0 Å². The summed E-state index contributed by atoms with van der Waals surface area (Å²) in [6.45, 7) is 0. The molecule has 0 aliphatic heterocycles. The number of hydrogen-bond acceptors (Lipinski definition) is 6. The van der Waals surface area contributed by atoms with Gasteiger partial charge in [-0.1, -0.05) is 55.0 Å². The van der Waals surface area contributed by atoms with E-state index in [0.717, 1.165) is 43.2 Å². The van der Waals surface area contributed by atoms with Crippen LogP contribution in [-0.2, 0) is 27.8 Å². The Labute approximate surface area is 228 Å². The third kappa shape index (κ3) is 3.89. The lowest BCUT2D eigenvalue weighted by Gasteiger charge is -2.52. The van der Waals surface area contributed by atoms with Gasteiger partial charge < -0.3 is 14.4 Å². The summed E-state index contributed by atoms with van der Waals surface area (Å²) in [5.41, 5.74) is 5.90. The topological polar surface area (TPSA) is 104 Å². The molecule has 0 saturated heterocycles. The Balaban J connectivity index is 1.35. The van der Waals surface area contributed by atoms with Crippen LogP contribution in [0.15, 0.2) is 65.6 Å². The lowest BCUT2D eigenvalue weighted by atomic mass is 9.51. The molecule has 1 saturated carbocycles. The van der Waals surface area contributed by atoms with Crippen LogP contribution >= 0.6 is 0 Å². The number of ether oxygens (including phenoxy) is 1. The molecule has 3 aromatic carbocycles. The van der Waals surface area contributed by atoms with Crippen molar-refractivity contribution in [3.8, 4) is 5.75 Å². The predicted octanol–water partition coefficient (Wildman–Crippen LogP) is 5.06. The van der Waals surface area contributed by atoms with E-state index in [0.29, 0.717) is 29.7 Å². The SMILES string of the molecule is O=C(Oc1ccc(S(=O)(=O)[O-])c2c1CCCC2)C1C2c3ccccc3C(c3ccccc32)C1C1CCCC1O. The highest BCUT2D eigenvalue weighted by atomic mass is 32.2. The number of hydrogen-bond donors (Lipinski definition) is 1. The zero-order valence-corrected chi connectivity index (χ0v) is 22.4. The maximum absolute atomic E-state index is 14.3. The van der Waals surface area contributed by atoms with Crippen LogP contribution in [0.2, 0.25) is 0 Å². The van der Waals surface area contributed by atoms with Gasteiger partial charge in [0.15, 0.2) is 0 Å². The molecule has 4 atom stereocenters. The molecular formula is C32H31O6S-. The summed E-state index contributed by atoms with van der Waals surface area (Å²) in [7, 11) is -4.63. The minimum Gasteiger partial charge on any atom is -0.744 e. The summed E-state index contributed by atoms with van der Waals surface area (Å²) in [6, 6.07) is 19.5. The van der Waals surface area contributed by atoms with E-state index in [2.05, 4.69) is 36.4 Å². The van der Waals surface area contributed by atoms with Crippen molar-refractivity contribution in [2.24, 2.45) is 17.8 Å². The van der Waals surface area contributed by atoms with Crippen molar-refractivity contribution in [1.82, 2.24) is 0 Å². The zero-order chi connectivity index (χ0) is 26.9. The van der Waals surface area contributed by atoms with Crippen LogP contribution in [0.3, 0.4) is 0 Å². The highest BCUT2D eigenvalue weighted by Crippen LogP contribution is 2.62. The van der Waals surface area contributed by atoms with Gasteiger partial charge >= 0.3 is 5.97 Å². The van der Waals surface area contributed by atoms with Crippen LogP contribution < -0.4 is 4.74 Å². The number of fused-ring (bicyclic) bond motifs is 2. The Kier molecular flexibility index (Phi) is 5.95. The van der Waals surface area contributed by atoms with Gasteiger partial charge in [-0.05, 0) is 95.9 Å².